The number of fused-ring (bicyclic) bond motifs is 1. The van der Waals surface area contributed by atoms with Crippen LogP contribution in [0.2, 0.25) is 0 Å². The molecular weight excluding hydrogens is 345 g/mol. The Balaban J connectivity index is 1.59. The van der Waals surface area contributed by atoms with Crippen molar-refractivity contribution in [1.82, 2.24) is 4.90 Å². The van der Waals surface area contributed by atoms with Crippen LogP contribution in [0.5, 0.6) is 5.75 Å². The van der Waals surface area contributed by atoms with Gasteiger partial charge in [-0.2, -0.15) is 0 Å². The van der Waals surface area contributed by atoms with Crippen LogP contribution in [0.1, 0.15) is 18.1 Å². The summed E-state index contributed by atoms with van der Waals surface area (Å²) in [5, 5.41) is 2.74. The van der Waals surface area contributed by atoms with E-state index in [1.54, 1.807) is 0 Å². The summed E-state index contributed by atoms with van der Waals surface area (Å²) in [5.74, 6) is -0.523. The van der Waals surface area contributed by atoms with Crippen LogP contribution in [0.4, 0.5) is 18.9 Å². The van der Waals surface area contributed by atoms with Crippen molar-refractivity contribution in [2.75, 3.05) is 11.9 Å². The molecule has 0 aromatic heterocycles. The highest BCUT2D eigenvalue weighted by molar-refractivity contribution is 5.94. The van der Waals surface area contributed by atoms with E-state index >= 15 is 0 Å². The first-order valence-electron chi connectivity index (χ1n) is 8.29. The van der Waals surface area contributed by atoms with Crippen LogP contribution in [0, 0.1) is 0 Å². The maximum Gasteiger partial charge on any atom is 0.573 e. The van der Waals surface area contributed by atoms with E-state index in [0.717, 1.165) is 13.0 Å². The van der Waals surface area contributed by atoms with Gasteiger partial charge in [0.25, 0.3) is 0 Å². The van der Waals surface area contributed by atoms with Gasteiger partial charge in [-0.05, 0) is 48.7 Å². The third-order valence-corrected chi connectivity index (χ3v) is 4.44. The molecule has 0 radical (unpaired) electrons. The molecule has 1 atom stereocenters. The number of halogens is 3. The van der Waals surface area contributed by atoms with Crippen molar-refractivity contribution in [2.45, 2.75) is 32.3 Å². The van der Waals surface area contributed by atoms with Crippen molar-refractivity contribution in [3.8, 4) is 5.75 Å². The molecule has 0 fully saturated rings. The number of ether oxygens (including phenoxy) is 1. The molecule has 2 aromatic rings. The summed E-state index contributed by atoms with van der Waals surface area (Å²) in [5.41, 5.74) is 2.94. The van der Waals surface area contributed by atoms with Gasteiger partial charge in [-0.15, -0.1) is 13.2 Å². The average molecular weight is 364 g/mol. The molecule has 2 aromatic carbocycles. The summed E-state index contributed by atoms with van der Waals surface area (Å²) >= 11 is 0. The molecule has 1 heterocycles. The lowest BCUT2D eigenvalue weighted by molar-refractivity contribution is -0.274. The van der Waals surface area contributed by atoms with Crippen LogP contribution in [-0.2, 0) is 17.8 Å². The Morgan fingerprint density at radius 3 is 2.42 bits per heavy atom. The van der Waals surface area contributed by atoms with Crippen molar-refractivity contribution in [1.29, 1.82) is 0 Å². The molecule has 0 saturated heterocycles. The van der Waals surface area contributed by atoms with Crippen LogP contribution >= 0.6 is 0 Å². The van der Waals surface area contributed by atoms with Gasteiger partial charge in [-0.1, -0.05) is 24.3 Å². The number of carbonyl (C=O) groups is 1. The van der Waals surface area contributed by atoms with E-state index < -0.39 is 6.36 Å². The minimum absolute atomic E-state index is 0.200. The average Bonchev–Trinajstić information content (AvgIpc) is 2.61. The van der Waals surface area contributed by atoms with E-state index in [9.17, 15) is 18.0 Å². The van der Waals surface area contributed by atoms with E-state index in [2.05, 4.69) is 27.1 Å². The molecule has 4 nitrogen and oxygen atoms in total. The quantitative estimate of drug-likeness (QED) is 0.893. The number of rotatable bonds is 4. The maximum absolute atomic E-state index is 12.5. The van der Waals surface area contributed by atoms with E-state index in [4.69, 9.17) is 0 Å². The highest BCUT2D eigenvalue weighted by atomic mass is 19.4. The SMILES string of the molecule is CC(C(=O)Nc1ccc(OC(F)(F)F)cc1)N1CCc2ccccc2C1. The van der Waals surface area contributed by atoms with Gasteiger partial charge in [-0.25, -0.2) is 0 Å². The number of anilines is 1. The first-order chi connectivity index (χ1) is 12.3. The van der Waals surface area contributed by atoms with Gasteiger partial charge in [0.15, 0.2) is 0 Å². The van der Waals surface area contributed by atoms with E-state index in [1.165, 1.54) is 35.4 Å². The topological polar surface area (TPSA) is 41.6 Å². The number of alkyl halides is 3. The second kappa shape index (κ2) is 7.37. The Hall–Kier alpha value is -2.54. The Morgan fingerprint density at radius 2 is 1.77 bits per heavy atom. The van der Waals surface area contributed by atoms with Crippen molar-refractivity contribution in [3.63, 3.8) is 0 Å². The Bertz CT molecular complexity index is 775. The predicted molar refractivity (Wildman–Crippen MR) is 91.8 cm³/mol. The zero-order valence-corrected chi connectivity index (χ0v) is 14.2. The van der Waals surface area contributed by atoms with Gasteiger partial charge >= 0.3 is 6.36 Å². The lowest BCUT2D eigenvalue weighted by Gasteiger charge is -2.32. The van der Waals surface area contributed by atoms with Crippen molar-refractivity contribution in [2.24, 2.45) is 0 Å². The molecule has 1 N–H and O–H groups in total. The van der Waals surface area contributed by atoms with Crippen LogP contribution < -0.4 is 10.1 Å². The van der Waals surface area contributed by atoms with Crippen molar-refractivity contribution >= 4 is 11.6 Å². The number of amides is 1. The fourth-order valence-electron chi connectivity index (χ4n) is 3.00. The molecule has 1 aliphatic heterocycles. The van der Waals surface area contributed by atoms with Crippen LogP contribution in [0.3, 0.4) is 0 Å². The molecule has 0 saturated carbocycles. The van der Waals surface area contributed by atoms with Crippen molar-refractivity contribution < 1.29 is 22.7 Å². The number of nitrogens with one attached hydrogen (secondary N) is 1. The Kier molecular flexibility index (Phi) is 5.18. The number of hydrogen-bond acceptors (Lipinski definition) is 3. The Labute approximate surface area is 149 Å². The molecule has 26 heavy (non-hydrogen) atoms. The minimum Gasteiger partial charge on any atom is -0.406 e. The molecular formula is C19H19F3N2O2. The van der Waals surface area contributed by atoms with Gasteiger partial charge < -0.3 is 10.1 Å². The second-order valence-corrected chi connectivity index (χ2v) is 6.23. The number of benzene rings is 2. The first-order valence-corrected chi connectivity index (χ1v) is 8.29. The van der Waals surface area contributed by atoms with Gasteiger partial charge in [0, 0.05) is 18.8 Å². The van der Waals surface area contributed by atoms with Crippen LogP contribution in [0.15, 0.2) is 48.5 Å². The van der Waals surface area contributed by atoms with Gasteiger partial charge in [0.2, 0.25) is 5.91 Å². The van der Waals surface area contributed by atoms with Crippen LogP contribution in [-0.4, -0.2) is 29.8 Å². The number of hydrogen-bond donors (Lipinski definition) is 1. The summed E-state index contributed by atoms with van der Waals surface area (Å²) in [6, 6.07) is 12.9. The first kappa shape index (κ1) is 18.3. The molecule has 0 aliphatic carbocycles. The monoisotopic (exact) mass is 364 g/mol. The maximum atomic E-state index is 12.5. The Morgan fingerprint density at radius 1 is 1.12 bits per heavy atom. The minimum atomic E-state index is -4.73. The van der Waals surface area contributed by atoms with E-state index in [0.29, 0.717) is 12.2 Å². The third kappa shape index (κ3) is 4.54. The third-order valence-electron chi connectivity index (χ3n) is 4.44. The molecule has 1 aliphatic rings. The van der Waals surface area contributed by atoms with E-state index in [1.807, 2.05) is 19.1 Å². The summed E-state index contributed by atoms with van der Waals surface area (Å²) in [4.78, 5) is 14.6. The molecule has 1 unspecified atom stereocenters. The highest BCUT2D eigenvalue weighted by Gasteiger charge is 2.31. The summed E-state index contributed by atoms with van der Waals surface area (Å²) in [7, 11) is 0. The lowest BCUT2D eigenvalue weighted by atomic mass is 9.99. The summed E-state index contributed by atoms with van der Waals surface area (Å²) < 4.78 is 40.3. The fourth-order valence-corrected chi connectivity index (χ4v) is 3.00. The molecule has 0 bridgehead atoms. The van der Waals surface area contributed by atoms with Crippen LogP contribution in [0.25, 0.3) is 0 Å². The number of nitrogens with zero attached hydrogens (tertiary/aromatic N) is 1. The predicted octanol–water partition coefficient (Wildman–Crippen LogP) is 3.97. The molecule has 0 spiro atoms. The van der Waals surface area contributed by atoms with Gasteiger partial charge in [-0.3, -0.25) is 9.69 Å². The second-order valence-electron chi connectivity index (χ2n) is 6.23. The van der Waals surface area contributed by atoms with Crippen molar-refractivity contribution in [3.05, 3.63) is 59.7 Å². The summed E-state index contributed by atoms with van der Waals surface area (Å²) in [6.07, 6.45) is -3.85. The van der Waals surface area contributed by atoms with E-state index in [-0.39, 0.29) is 17.7 Å². The fraction of sp³-hybridized carbons (Fsp3) is 0.316. The smallest absolute Gasteiger partial charge is 0.406 e. The number of carbonyl (C=O) groups excluding carboxylic acids is 1. The molecule has 138 valence electrons. The zero-order valence-electron chi connectivity index (χ0n) is 14.2. The lowest BCUT2D eigenvalue weighted by Crippen LogP contribution is -2.44. The van der Waals surface area contributed by atoms with Gasteiger partial charge in [0.1, 0.15) is 5.75 Å². The van der Waals surface area contributed by atoms with Gasteiger partial charge in [0.05, 0.1) is 6.04 Å². The molecule has 1 amide bonds. The molecule has 7 heteroatoms. The zero-order chi connectivity index (χ0) is 18.7. The standard InChI is InChI=1S/C19H19F3N2O2/c1-13(24-11-10-14-4-2-3-5-15(14)12-24)18(25)23-16-6-8-17(9-7-16)26-19(20,21)22/h2-9,13H,10-12H2,1H3,(H,23,25). The normalized spacial score (nSPS) is 15.8. The molecule has 3 rings (SSSR count). The highest BCUT2D eigenvalue weighted by Crippen LogP contribution is 2.24. The largest absolute Gasteiger partial charge is 0.573 e. The summed E-state index contributed by atoms with van der Waals surface area (Å²) in [6.45, 7) is 3.30.